The van der Waals surface area contributed by atoms with Crippen LogP contribution in [0.3, 0.4) is 0 Å². The van der Waals surface area contributed by atoms with Crippen LogP contribution >= 0.6 is 0 Å². The van der Waals surface area contributed by atoms with E-state index in [1.165, 1.54) is 5.57 Å². The topological polar surface area (TPSA) is 40.5 Å². The second kappa shape index (κ2) is 8.46. The van der Waals surface area contributed by atoms with Crippen molar-refractivity contribution in [2.24, 2.45) is 11.8 Å². The molecule has 116 valence electrons. The van der Waals surface area contributed by atoms with Crippen molar-refractivity contribution in [2.75, 3.05) is 13.2 Å². The molecule has 1 N–H and O–H groups in total. The Morgan fingerprint density at radius 2 is 2.15 bits per heavy atom. The molecule has 0 aliphatic carbocycles. The summed E-state index contributed by atoms with van der Waals surface area (Å²) in [4.78, 5) is 14.4. The van der Waals surface area contributed by atoms with Crippen molar-refractivity contribution < 1.29 is 9.90 Å². The van der Waals surface area contributed by atoms with Gasteiger partial charge in [0.05, 0.1) is 12.6 Å². The van der Waals surface area contributed by atoms with Crippen LogP contribution in [0.2, 0.25) is 0 Å². The fourth-order valence-corrected chi connectivity index (χ4v) is 3.37. The molecule has 0 bridgehead atoms. The Morgan fingerprint density at radius 3 is 2.75 bits per heavy atom. The van der Waals surface area contributed by atoms with Crippen LogP contribution in [0.25, 0.3) is 0 Å². The normalized spacial score (nSPS) is 22.9. The summed E-state index contributed by atoms with van der Waals surface area (Å²) in [5.41, 5.74) is 1.43. The molecule has 0 radical (unpaired) electrons. The van der Waals surface area contributed by atoms with Crippen LogP contribution in [0, 0.1) is 11.8 Å². The molecular weight excluding hydrogens is 250 g/mol. The number of carbonyl (C=O) groups excluding carboxylic acids is 1. The standard InChI is InChI=1S/C17H31NO2/c1-5-7-13(2)10-14(3)11-15(4)17(20)18-9-6-8-16(18)12-19/h7,14-16,19H,5-6,8-12H2,1-4H3/b13-7+/t14-,15-,16+/m0/s1. The molecule has 3 heteroatoms. The Kier molecular flexibility index (Phi) is 7.28. The molecule has 0 spiro atoms. The van der Waals surface area contributed by atoms with E-state index in [0.29, 0.717) is 5.92 Å². The number of nitrogens with zero attached hydrogens (tertiary/aromatic N) is 1. The van der Waals surface area contributed by atoms with E-state index in [2.05, 4.69) is 26.8 Å². The molecule has 3 nitrogen and oxygen atoms in total. The maximum Gasteiger partial charge on any atom is 0.225 e. The minimum absolute atomic E-state index is 0.0574. The number of allylic oxidation sites excluding steroid dienone is 2. The first-order valence-corrected chi connectivity index (χ1v) is 8.06. The van der Waals surface area contributed by atoms with Crippen molar-refractivity contribution in [1.29, 1.82) is 0 Å². The lowest BCUT2D eigenvalue weighted by Crippen LogP contribution is -2.41. The average Bonchev–Trinajstić information content (AvgIpc) is 2.85. The molecule has 0 aromatic carbocycles. The number of rotatable bonds is 7. The maximum absolute atomic E-state index is 12.5. The van der Waals surface area contributed by atoms with E-state index >= 15 is 0 Å². The van der Waals surface area contributed by atoms with E-state index in [4.69, 9.17) is 0 Å². The minimum Gasteiger partial charge on any atom is -0.394 e. The fraction of sp³-hybridized carbons (Fsp3) is 0.824. The number of carbonyl (C=O) groups is 1. The van der Waals surface area contributed by atoms with Gasteiger partial charge in [-0.3, -0.25) is 4.79 Å². The molecule has 1 aliphatic heterocycles. The second-order valence-corrected chi connectivity index (χ2v) is 6.42. The predicted molar refractivity (Wildman–Crippen MR) is 83.4 cm³/mol. The first-order valence-electron chi connectivity index (χ1n) is 8.06. The van der Waals surface area contributed by atoms with Gasteiger partial charge in [-0.15, -0.1) is 0 Å². The number of likely N-dealkylation sites (tertiary alicyclic amines) is 1. The third kappa shape index (κ3) is 4.93. The van der Waals surface area contributed by atoms with Gasteiger partial charge >= 0.3 is 0 Å². The molecular formula is C17H31NO2. The van der Waals surface area contributed by atoms with E-state index in [1.807, 2.05) is 11.8 Å². The van der Waals surface area contributed by atoms with Gasteiger partial charge in [-0.25, -0.2) is 0 Å². The van der Waals surface area contributed by atoms with Crippen LogP contribution in [-0.4, -0.2) is 35.1 Å². The van der Waals surface area contributed by atoms with Crippen molar-refractivity contribution in [3.05, 3.63) is 11.6 Å². The summed E-state index contributed by atoms with van der Waals surface area (Å²) >= 11 is 0. The van der Waals surface area contributed by atoms with Gasteiger partial charge in [0, 0.05) is 12.5 Å². The van der Waals surface area contributed by atoms with Crippen molar-refractivity contribution >= 4 is 5.91 Å². The molecule has 0 aromatic rings. The Labute approximate surface area is 124 Å². The molecule has 0 aromatic heterocycles. The first-order chi connectivity index (χ1) is 9.49. The third-order valence-electron chi connectivity index (χ3n) is 4.27. The van der Waals surface area contributed by atoms with Crippen LogP contribution in [0.4, 0.5) is 0 Å². The van der Waals surface area contributed by atoms with Crippen molar-refractivity contribution in [2.45, 2.75) is 65.8 Å². The smallest absolute Gasteiger partial charge is 0.225 e. The van der Waals surface area contributed by atoms with Gasteiger partial charge < -0.3 is 10.0 Å². The lowest BCUT2D eigenvalue weighted by atomic mass is 9.91. The Balaban J connectivity index is 2.47. The molecule has 1 fully saturated rings. The van der Waals surface area contributed by atoms with Gasteiger partial charge in [0.15, 0.2) is 0 Å². The van der Waals surface area contributed by atoms with E-state index in [0.717, 1.165) is 38.6 Å². The number of aliphatic hydroxyl groups excluding tert-OH is 1. The summed E-state index contributed by atoms with van der Waals surface area (Å²) < 4.78 is 0. The molecule has 0 unspecified atom stereocenters. The largest absolute Gasteiger partial charge is 0.394 e. The first kappa shape index (κ1) is 17.2. The number of hydrogen-bond donors (Lipinski definition) is 1. The molecule has 3 atom stereocenters. The van der Waals surface area contributed by atoms with Crippen molar-refractivity contribution in [3.8, 4) is 0 Å². The molecule has 1 aliphatic rings. The molecule has 0 saturated carbocycles. The zero-order chi connectivity index (χ0) is 15.1. The monoisotopic (exact) mass is 281 g/mol. The highest BCUT2D eigenvalue weighted by molar-refractivity contribution is 5.79. The minimum atomic E-state index is 0.0574. The quantitative estimate of drug-likeness (QED) is 0.727. The zero-order valence-electron chi connectivity index (χ0n) is 13.6. The number of aliphatic hydroxyl groups is 1. The SMILES string of the molecule is CC/C=C(\C)C[C@H](C)C[C@H](C)C(=O)N1CCC[C@@H]1CO. The molecule has 1 saturated heterocycles. The average molecular weight is 281 g/mol. The third-order valence-corrected chi connectivity index (χ3v) is 4.27. The fourth-order valence-electron chi connectivity index (χ4n) is 3.37. The molecule has 1 amide bonds. The van der Waals surface area contributed by atoms with Crippen LogP contribution in [0.1, 0.15) is 59.8 Å². The summed E-state index contributed by atoms with van der Waals surface area (Å²) in [6, 6.07) is 0.0574. The molecule has 1 rings (SSSR count). The Morgan fingerprint density at radius 1 is 1.45 bits per heavy atom. The maximum atomic E-state index is 12.5. The van der Waals surface area contributed by atoms with Crippen molar-refractivity contribution in [1.82, 2.24) is 4.90 Å². The Bertz CT molecular complexity index is 338. The second-order valence-electron chi connectivity index (χ2n) is 6.42. The van der Waals surface area contributed by atoms with E-state index in [-0.39, 0.29) is 24.5 Å². The van der Waals surface area contributed by atoms with Gasteiger partial charge in [0.1, 0.15) is 0 Å². The lowest BCUT2D eigenvalue weighted by Gasteiger charge is -2.27. The highest BCUT2D eigenvalue weighted by Crippen LogP contribution is 2.24. The van der Waals surface area contributed by atoms with Crippen molar-refractivity contribution in [3.63, 3.8) is 0 Å². The van der Waals surface area contributed by atoms with Gasteiger partial charge in [-0.05, 0) is 44.9 Å². The summed E-state index contributed by atoms with van der Waals surface area (Å²) in [7, 11) is 0. The summed E-state index contributed by atoms with van der Waals surface area (Å²) in [5.74, 6) is 0.823. The highest BCUT2D eigenvalue weighted by Gasteiger charge is 2.31. The highest BCUT2D eigenvalue weighted by atomic mass is 16.3. The lowest BCUT2D eigenvalue weighted by molar-refractivity contribution is -0.137. The van der Waals surface area contributed by atoms with Crippen LogP contribution in [0.5, 0.6) is 0 Å². The summed E-state index contributed by atoms with van der Waals surface area (Å²) in [6.45, 7) is 9.51. The van der Waals surface area contributed by atoms with Gasteiger partial charge in [0.2, 0.25) is 5.91 Å². The van der Waals surface area contributed by atoms with Crippen LogP contribution in [0.15, 0.2) is 11.6 Å². The van der Waals surface area contributed by atoms with E-state index < -0.39 is 0 Å². The Hall–Kier alpha value is -0.830. The van der Waals surface area contributed by atoms with Gasteiger partial charge in [0.25, 0.3) is 0 Å². The molecule has 20 heavy (non-hydrogen) atoms. The number of hydrogen-bond acceptors (Lipinski definition) is 2. The van der Waals surface area contributed by atoms with E-state index in [1.54, 1.807) is 0 Å². The summed E-state index contributed by atoms with van der Waals surface area (Å²) in [5, 5.41) is 9.33. The van der Waals surface area contributed by atoms with Gasteiger partial charge in [-0.2, -0.15) is 0 Å². The van der Waals surface area contributed by atoms with Crippen LogP contribution < -0.4 is 0 Å². The van der Waals surface area contributed by atoms with Gasteiger partial charge in [-0.1, -0.05) is 32.4 Å². The predicted octanol–water partition coefficient (Wildman–Crippen LogP) is 3.38. The summed E-state index contributed by atoms with van der Waals surface area (Å²) in [6.07, 6.45) is 7.34. The molecule has 1 heterocycles. The van der Waals surface area contributed by atoms with E-state index in [9.17, 15) is 9.90 Å². The van der Waals surface area contributed by atoms with Crippen LogP contribution in [-0.2, 0) is 4.79 Å². The zero-order valence-corrected chi connectivity index (χ0v) is 13.6. The number of amides is 1.